The van der Waals surface area contributed by atoms with Crippen LogP contribution in [-0.4, -0.2) is 55.6 Å². The molecule has 2 heterocycles. The number of sulfone groups is 1. The Hall–Kier alpha value is -2.22. The fourth-order valence-electron chi connectivity index (χ4n) is 3.07. The van der Waals surface area contributed by atoms with Crippen molar-refractivity contribution in [2.45, 2.75) is 25.3 Å². The Balaban J connectivity index is 1.74. The van der Waals surface area contributed by atoms with Gasteiger partial charge in [-0.2, -0.15) is 0 Å². The zero-order chi connectivity index (χ0) is 17.5. The van der Waals surface area contributed by atoms with Crippen molar-refractivity contribution in [3.05, 3.63) is 29.8 Å². The number of nitrogens with zero attached hydrogens (tertiary/aromatic N) is 2. The van der Waals surface area contributed by atoms with Crippen molar-refractivity contribution in [2.24, 2.45) is 0 Å². The topological polar surface area (TPSA) is 91.8 Å². The standard InChI is InChI=1S/C16H18N2O5S/c1-17(13-8-9-24(22,23)10-13)16(21)11-2-4-12(5-3-11)18-14(19)6-7-15(18)20/h2-5,13H,6-10H2,1H3. The molecule has 3 amide bonds. The number of carbonyl (C=O) groups is 3. The second-order valence-corrected chi connectivity index (χ2v) is 8.37. The number of rotatable bonds is 3. The van der Waals surface area contributed by atoms with Gasteiger partial charge in [-0.25, -0.2) is 8.42 Å². The van der Waals surface area contributed by atoms with E-state index in [9.17, 15) is 22.8 Å². The molecule has 2 aliphatic heterocycles. The summed E-state index contributed by atoms with van der Waals surface area (Å²) in [5, 5.41) is 0. The maximum absolute atomic E-state index is 12.5. The molecule has 0 saturated carbocycles. The number of imide groups is 1. The lowest BCUT2D eigenvalue weighted by Gasteiger charge is -2.23. The van der Waals surface area contributed by atoms with Crippen LogP contribution in [0, 0.1) is 0 Å². The summed E-state index contributed by atoms with van der Waals surface area (Å²) in [5.41, 5.74) is 0.842. The van der Waals surface area contributed by atoms with Crippen LogP contribution >= 0.6 is 0 Å². The van der Waals surface area contributed by atoms with Crippen molar-refractivity contribution >= 4 is 33.2 Å². The Kier molecular flexibility index (Phi) is 4.16. The van der Waals surface area contributed by atoms with E-state index in [4.69, 9.17) is 0 Å². The van der Waals surface area contributed by atoms with Gasteiger partial charge in [-0.3, -0.25) is 19.3 Å². The van der Waals surface area contributed by atoms with Crippen LogP contribution in [0.15, 0.2) is 24.3 Å². The average molecular weight is 350 g/mol. The van der Waals surface area contributed by atoms with Crippen molar-refractivity contribution in [3.63, 3.8) is 0 Å². The highest BCUT2D eigenvalue weighted by Crippen LogP contribution is 2.24. The smallest absolute Gasteiger partial charge is 0.253 e. The van der Waals surface area contributed by atoms with Crippen LogP contribution in [0.25, 0.3) is 0 Å². The molecule has 0 N–H and O–H groups in total. The molecule has 0 spiro atoms. The van der Waals surface area contributed by atoms with Gasteiger partial charge < -0.3 is 4.90 Å². The molecule has 8 heteroatoms. The van der Waals surface area contributed by atoms with Crippen molar-refractivity contribution in [1.29, 1.82) is 0 Å². The molecule has 2 saturated heterocycles. The summed E-state index contributed by atoms with van der Waals surface area (Å²) in [6.45, 7) is 0. The van der Waals surface area contributed by atoms with E-state index in [0.717, 1.165) is 4.90 Å². The summed E-state index contributed by atoms with van der Waals surface area (Å²) in [6, 6.07) is 5.91. The predicted molar refractivity (Wildman–Crippen MR) is 87.3 cm³/mol. The summed E-state index contributed by atoms with van der Waals surface area (Å²) in [4.78, 5) is 38.5. The maximum Gasteiger partial charge on any atom is 0.253 e. The van der Waals surface area contributed by atoms with E-state index in [-0.39, 0.29) is 48.1 Å². The number of amides is 3. The minimum atomic E-state index is -3.06. The van der Waals surface area contributed by atoms with E-state index >= 15 is 0 Å². The zero-order valence-corrected chi connectivity index (χ0v) is 14.1. The van der Waals surface area contributed by atoms with E-state index in [2.05, 4.69) is 0 Å². The molecule has 1 aromatic carbocycles. The quantitative estimate of drug-likeness (QED) is 0.745. The molecule has 1 aromatic rings. The Morgan fingerprint density at radius 2 is 1.71 bits per heavy atom. The molecular weight excluding hydrogens is 332 g/mol. The largest absolute Gasteiger partial charge is 0.338 e. The van der Waals surface area contributed by atoms with Gasteiger partial charge in [-0.05, 0) is 30.7 Å². The number of hydrogen-bond acceptors (Lipinski definition) is 5. The first kappa shape index (κ1) is 16.6. The molecule has 2 aliphatic rings. The highest BCUT2D eigenvalue weighted by atomic mass is 32.2. The van der Waals surface area contributed by atoms with Gasteiger partial charge in [0, 0.05) is 31.5 Å². The molecule has 0 aliphatic carbocycles. The molecule has 1 atom stereocenters. The number of anilines is 1. The van der Waals surface area contributed by atoms with Gasteiger partial charge in [0.25, 0.3) is 5.91 Å². The first-order valence-corrected chi connectivity index (χ1v) is 9.54. The summed E-state index contributed by atoms with van der Waals surface area (Å²) in [6.07, 6.45) is 0.857. The van der Waals surface area contributed by atoms with Gasteiger partial charge in [0.1, 0.15) is 0 Å². The third kappa shape index (κ3) is 3.06. The lowest BCUT2D eigenvalue weighted by Crippen LogP contribution is -2.37. The molecule has 0 aromatic heterocycles. The summed E-state index contributed by atoms with van der Waals surface area (Å²) >= 11 is 0. The van der Waals surface area contributed by atoms with E-state index in [1.54, 1.807) is 31.3 Å². The zero-order valence-electron chi connectivity index (χ0n) is 13.3. The maximum atomic E-state index is 12.5. The van der Waals surface area contributed by atoms with Crippen LogP contribution in [0.5, 0.6) is 0 Å². The molecule has 128 valence electrons. The second kappa shape index (κ2) is 6.01. The van der Waals surface area contributed by atoms with Crippen molar-refractivity contribution < 1.29 is 22.8 Å². The minimum Gasteiger partial charge on any atom is -0.338 e. The van der Waals surface area contributed by atoms with Crippen molar-refractivity contribution in [2.75, 3.05) is 23.5 Å². The Bertz CT molecular complexity index is 784. The highest BCUT2D eigenvalue weighted by molar-refractivity contribution is 7.91. The van der Waals surface area contributed by atoms with Crippen molar-refractivity contribution in [1.82, 2.24) is 4.90 Å². The monoisotopic (exact) mass is 350 g/mol. The summed E-state index contributed by atoms with van der Waals surface area (Å²) in [5.74, 6) is -0.667. The van der Waals surface area contributed by atoms with Gasteiger partial charge in [0.15, 0.2) is 9.84 Å². The molecule has 0 bridgehead atoms. The van der Waals surface area contributed by atoms with Crippen LogP contribution in [0.2, 0.25) is 0 Å². The first-order valence-electron chi connectivity index (χ1n) is 7.72. The lowest BCUT2D eigenvalue weighted by molar-refractivity contribution is -0.121. The number of hydrogen-bond donors (Lipinski definition) is 0. The van der Waals surface area contributed by atoms with E-state index in [1.807, 2.05) is 0 Å². The van der Waals surface area contributed by atoms with E-state index < -0.39 is 9.84 Å². The van der Waals surface area contributed by atoms with Gasteiger partial charge in [0.2, 0.25) is 11.8 Å². The van der Waals surface area contributed by atoms with Crippen LogP contribution in [-0.2, 0) is 19.4 Å². The van der Waals surface area contributed by atoms with Gasteiger partial charge in [0.05, 0.1) is 17.2 Å². The number of benzene rings is 1. The van der Waals surface area contributed by atoms with Crippen LogP contribution < -0.4 is 4.90 Å². The lowest BCUT2D eigenvalue weighted by atomic mass is 10.1. The van der Waals surface area contributed by atoms with Gasteiger partial charge in [-0.15, -0.1) is 0 Å². The van der Waals surface area contributed by atoms with Crippen LogP contribution in [0.1, 0.15) is 29.6 Å². The fourth-order valence-corrected chi connectivity index (χ4v) is 4.84. The Labute approximate surface area is 140 Å². The molecule has 24 heavy (non-hydrogen) atoms. The summed E-state index contributed by atoms with van der Waals surface area (Å²) in [7, 11) is -1.47. The molecule has 0 radical (unpaired) electrons. The van der Waals surface area contributed by atoms with Crippen molar-refractivity contribution in [3.8, 4) is 0 Å². The molecular formula is C16H18N2O5S. The third-order valence-corrected chi connectivity index (χ3v) is 6.25. The second-order valence-electron chi connectivity index (χ2n) is 6.14. The molecule has 2 fully saturated rings. The predicted octanol–water partition coefficient (Wildman–Crippen LogP) is 0.599. The molecule has 3 rings (SSSR count). The van der Waals surface area contributed by atoms with Crippen LogP contribution in [0.4, 0.5) is 5.69 Å². The molecule has 1 unspecified atom stereocenters. The SMILES string of the molecule is CN(C(=O)c1ccc(N2C(=O)CCC2=O)cc1)C1CCS(=O)(=O)C1. The number of carbonyl (C=O) groups excluding carboxylic acids is 3. The first-order chi connectivity index (χ1) is 11.3. The molecule has 7 nitrogen and oxygen atoms in total. The van der Waals surface area contributed by atoms with Gasteiger partial charge >= 0.3 is 0 Å². The average Bonchev–Trinajstić information content (AvgIpc) is 3.08. The fraction of sp³-hybridized carbons (Fsp3) is 0.438. The van der Waals surface area contributed by atoms with Crippen LogP contribution in [0.3, 0.4) is 0 Å². The van der Waals surface area contributed by atoms with E-state index in [1.165, 1.54) is 4.90 Å². The summed E-state index contributed by atoms with van der Waals surface area (Å²) < 4.78 is 23.1. The van der Waals surface area contributed by atoms with Gasteiger partial charge in [-0.1, -0.05) is 0 Å². The Morgan fingerprint density at radius 3 is 2.21 bits per heavy atom. The highest BCUT2D eigenvalue weighted by Gasteiger charge is 2.33. The minimum absolute atomic E-state index is 0.00982. The normalized spacial score (nSPS) is 22.9. The Morgan fingerprint density at radius 1 is 1.12 bits per heavy atom. The van der Waals surface area contributed by atoms with E-state index in [0.29, 0.717) is 17.7 Å². The third-order valence-electron chi connectivity index (χ3n) is 4.50.